The maximum absolute atomic E-state index is 10.9. The summed E-state index contributed by atoms with van der Waals surface area (Å²) in [5, 5.41) is 8.94. The van der Waals surface area contributed by atoms with Crippen LogP contribution in [0.2, 0.25) is 0 Å². The van der Waals surface area contributed by atoms with E-state index < -0.39 is 5.97 Å². The topological polar surface area (TPSA) is 37.3 Å². The van der Waals surface area contributed by atoms with E-state index in [1.165, 1.54) is 25.7 Å². The molecule has 1 aliphatic rings. The van der Waals surface area contributed by atoms with Crippen LogP contribution in [0.3, 0.4) is 0 Å². The highest BCUT2D eigenvalue weighted by Crippen LogP contribution is 2.33. The van der Waals surface area contributed by atoms with Crippen molar-refractivity contribution in [1.29, 1.82) is 0 Å². The largest absolute Gasteiger partial charge is 0.481 e. The maximum Gasteiger partial charge on any atom is 0.306 e. The summed E-state index contributed by atoms with van der Waals surface area (Å²) in [6, 6.07) is 0. The van der Waals surface area contributed by atoms with Gasteiger partial charge in [0, 0.05) is 0 Å². The standard InChI is InChI=1S/C11H20O2/c1-8-6-4-3-5-7-10(8)9(2)11(12)13/h8-10H,3-7H2,1-2H3,(H,12,13). The minimum Gasteiger partial charge on any atom is -0.481 e. The van der Waals surface area contributed by atoms with Gasteiger partial charge in [0.25, 0.3) is 0 Å². The summed E-state index contributed by atoms with van der Waals surface area (Å²) < 4.78 is 0. The molecule has 3 unspecified atom stereocenters. The fourth-order valence-electron chi connectivity index (χ4n) is 2.45. The second kappa shape index (κ2) is 4.64. The molecule has 0 aromatic rings. The van der Waals surface area contributed by atoms with E-state index in [1.54, 1.807) is 0 Å². The predicted molar refractivity (Wildman–Crippen MR) is 52.5 cm³/mol. The summed E-state index contributed by atoms with van der Waals surface area (Å²) in [5.41, 5.74) is 0. The van der Waals surface area contributed by atoms with Crippen LogP contribution in [0, 0.1) is 17.8 Å². The van der Waals surface area contributed by atoms with Crippen molar-refractivity contribution in [1.82, 2.24) is 0 Å². The van der Waals surface area contributed by atoms with E-state index in [1.807, 2.05) is 6.92 Å². The number of hydrogen-bond acceptors (Lipinski definition) is 1. The Morgan fingerprint density at radius 2 is 1.92 bits per heavy atom. The zero-order valence-electron chi connectivity index (χ0n) is 8.62. The Labute approximate surface area is 80.3 Å². The van der Waals surface area contributed by atoms with Crippen LogP contribution in [0.4, 0.5) is 0 Å². The van der Waals surface area contributed by atoms with Gasteiger partial charge in [0.15, 0.2) is 0 Å². The summed E-state index contributed by atoms with van der Waals surface area (Å²) in [6.07, 6.45) is 6.10. The Bertz CT molecular complexity index is 177. The second-order valence-electron chi connectivity index (χ2n) is 4.41. The van der Waals surface area contributed by atoms with Gasteiger partial charge in [-0.1, -0.05) is 39.5 Å². The van der Waals surface area contributed by atoms with Crippen LogP contribution in [0.25, 0.3) is 0 Å². The normalized spacial score (nSPS) is 32.2. The molecule has 1 N–H and O–H groups in total. The third-order valence-electron chi connectivity index (χ3n) is 3.46. The van der Waals surface area contributed by atoms with Gasteiger partial charge in [-0.05, 0) is 18.3 Å². The van der Waals surface area contributed by atoms with Crippen molar-refractivity contribution in [3.63, 3.8) is 0 Å². The monoisotopic (exact) mass is 184 g/mol. The SMILES string of the molecule is CC1CCCCCC1C(C)C(=O)O. The fraction of sp³-hybridized carbons (Fsp3) is 0.909. The van der Waals surface area contributed by atoms with E-state index in [-0.39, 0.29) is 5.92 Å². The third kappa shape index (κ3) is 2.71. The van der Waals surface area contributed by atoms with Crippen molar-refractivity contribution in [3.05, 3.63) is 0 Å². The van der Waals surface area contributed by atoms with E-state index in [9.17, 15) is 4.79 Å². The Hall–Kier alpha value is -0.530. The fourth-order valence-corrected chi connectivity index (χ4v) is 2.45. The molecule has 3 atom stereocenters. The molecule has 0 aromatic carbocycles. The zero-order valence-corrected chi connectivity index (χ0v) is 8.62. The summed E-state index contributed by atoms with van der Waals surface area (Å²) >= 11 is 0. The molecule has 2 heteroatoms. The number of carboxylic acid groups (broad SMARTS) is 1. The van der Waals surface area contributed by atoms with Gasteiger partial charge in [-0.15, -0.1) is 0 Å². The lowest BCUT2D eigenvalue weighted by atomic mass is 9.80. The van der Waals surface area contributed by atoms with Gasteiger partial charge >= 0.3 is 5.97 Å². The van der Waals surface area contributed by atoms with Crippen LogP contribution >= 0.6 is 0 Å². The third-order valence-corrected chi connectivity index (χ3v) is 3.46. The Kier molecular flexibility index (Phi) is 3.76. The van der Waals surface area contributed by atoms with Crippen molar-refractivity contribution in [2.45, 2.75) is 46.0 Å². The van der Waals surface area contributed by atoms with Crippen LogP contribution < -0.4 is 0 Å². The molecule has 1 saturated carbocycles. The number of carbonyl (C=O) groups is 1. The van der Waals surface area contributed by atoms with Gasteiger partial charge in [-0.25, -0.2) is 0 Å². The molecule has 0 amide bonds. The van der Waals surface area contributed by atoms with Crippen LogP contribution in [0.15, 0.2) is 0 Å². The van der Waals surface area contributed by atoms with E-state index in [4.69, 9.17) is 5.11 Å². The van der Waals surface area contributed by atoms with E-state index >= 15 is 0 Å². The number of aliphatic carboxylic acids is 1. The molecular weight excluding hydrogens is 164 g/mol. The van der Waals surface area contributed by atoms with Gasteiger partial charge in [0.1, 0.15) is 0 Å². The molecule has 0 radical (unpaired) electrons. The first-order chi connectivity index (χ1) is 6.13. The molecule has 1 fully saturated rings. The molecule has 0 aliphatic heterocycles. The van der Waals surface area contributed by atoms with Crippen LogP contribution in [-0.4, -0.2) is 11.1 Å². The zero-order chi connectivity index (χ0) is 9.84. The van der Waals surface area contributed by atoms with Crippen molar-refractivity contribution < 1.29 is 9.90 Å². The minimum absolute atomic E-state index is 0.159. The first-order valence-electron chi connectivity index (χ1n) is 5.35. The van der Waals surface area contributed by atoms with E-state index in [2.05, 4.69) is 6.92 Å². The van der Waals surface area contributed by atoms with Gasteiger partial charge < -0.3 is 5.11 Å². The van der Waals surface area contributed by atoms with Gasteiger partial charge in [-0.2, -0.15) is 0 Å². The Balaban J connectivity index is 2.58. The number of hydrogen-bond donors (Lipinski definition) is 1. The highest BCUT2D eigenvalue weighted by molar-refractivity contribution is 5.69. The minimum atomic E-state index is -0.626. The molecule has 0 bridgehead atoms. The molecule has 0 heterocycles. The average Bonchev–Trinajstić information content (AvgIpc) is 2.28. The Morgan fingerprint density at radius 3 is 2.54 bits per heavy atom. The average molecular weight is 184 g/mol. The molecule has 0 saturated heterocycles. The molecule has 1 aliphatic carbocycles. The van der Waals surface area contributed by atoms with Crippen molar-refractivity contribution in [2.24, 2.45) is 17.8 Å². The number of rotatable bonds is 2. The van der Waals surface area contributed by atoms with E-state index in [0.29, 0.717) is 11.8 Å². The van der Waals surface area contributed by atoms with Crippen LogP contribution in [-0.2, 0) is 4.79 Å². The lowest BCUT2D eigenvalue weighted by Crippen LogP contribution is -2.25. The summed E-state index contributed by atoms with van der Waals surface area (Å²) in [6.45, 7) is 4.06. The summed E-state index contributed by atoms with van der Waals surface area (Å²) in [7, 11) is 0. The maximum atomic E-state index is 10.9. The molecule has 2 nitrogen and oxygen atoms in total. The molecule has 0 aromatic heterocycles. The Morgan fingerprint density at radius 1 is 1.31 bits per heavy atom. The summed E-state index contributed by atoms with van der Waals surface area (Å²) in [5.74, 6) is 0.209. The van der Waals surface area contributed by atoms with Crippen molar-refractivity contribution in [3.8, 4) is 0 Å². The van der Waals surface area contributed by atoms with Crippen molar-refractivity contribution in [2.75, 3.05) is 0 Å². The highest BCUT2D eigenvalue weighted by atomic mass is 16.4. The summed E-state index contributed by atoms with van der Waals surface area (Å²) in [4.78, 5) is 10.9. The van der Waals surface area contributed by atoms with Crippen LogP contribution in [0.5, 0.6) is 0 Å². The van der Waals surface area contributed by atoms with Crippen LogP contribution in [0.1, 0.15) is 46.0 Å². The molecular formula is C11H20O2. The lowest BCUT2D eigenvalue weighted by Gasteiger charge is -2.24. The number of carboxylic acids is 1. The van der Waals surface area contributed by atoms with Gasteiger partial charge in [0.05, 0.1) is 5.92 Å². The lowest BCUT2D eigenvalue weighted by molar-refractivity contribution is -0.143. The molecule has 76 valence electrons. The quantitative estimate of drug-likeness (QED) is 0.670. The molecule has 1 rings (SSSR count). The molecule has 13 heavy (non-hydrogen) atoms. The molecule has 0 spiro atoms. The first kappa shape index (κ1) is 10.6. The first-order valence-corrected chi connectivity index (χ1v) is 5.35. The van der Waals surface area contributed by atoms with Gasteiger partial charge in [-0.3, -0.25) is 4.79 Å². The van der Waals surface area contributed by atoms with E-state index in [0.717, 1.165) is 6.42 Å². The second-order valence-corrected chi connectivity index (χ2v) is 4.41. The van der Waals surface area contributed by atoms with Crippen molar-refractivity contribution >= 4 is 5.97 Å². The predicted octanol–water partition coefficient (Wildman–Crippen LogP) is 2.92. The smallest absolute Gasteiger partial charge is 0.306 e. The van der Waals surface area contributed by atoms with Gasteiger partial charge in [0.2, 0.25) is 0 Å². The highest BCUT2D eigenvalue weighted by Gasteiger charge is 2.29.